The van der Waals surface area contributed by atoms with Crippen LogP contribution < -0.4 is 20.9 Å². The van der Waals surface area contributed by atoms with E-state index < -0.39 is 18.8 Å². The molecule has 3 aromatic heterocycles. The zero-order valence-electron chi connectivity index (χ0n) is 23.2. The molecule has 0 saturated carbocycles. The van der Waals surface area contributed by atoms with Gasteiger partial charge >= 0.3 is 0 Å². The first-order valence-electron chi connectivity index (χ1n) is 12.6. The van der Waals surface area contributed by atoms with Gasteiger partial charge in [0.2, 0.25) is 0 Å². The lowest BCUT2D eigenvalue weighted by Crippen LogP contribution is -2.24. The second-order valence-electron chi connectivity index (χ2n) is 7.68. The lowest BCUT2D eigenvalue weighted by Gasteiger charge is -2.17. The van der Waals surface area contributed by atoms with Crippen molar-refractivity contribution in [1.29, 1.82) is 0 Å². The third-order valence-corrected chi connectivity index (χ3v) is 4.93. The standard InChI is InChI=1S/C25H25FN8O3/c1-5-37-34-25(35)18-13-27-21(33-22-9-14(2)30-15(3)31-22)10-20(18)32-19-8-6-7-17(23(19)36-4)24-28-11-16(26)12-29-24/h6-13H,5H2,1-4H3,(H,34,35)(H2,27,30,31,32,33)/i4D3. The Hall–Kier alpha value is -4.71. The molecule has 0 unspecified atom stereocenters. The minimum atomic E-state index is -2.85. The van der Waals surface area contributed by atoms with Crippen LogP contribution in [0.1, 0.15) is 32.9 Å². The SMILES string of the molecule is [2H]C([2H])([2H])Oc1c(Nc2cc(Nc3cc(C)nc(C)n3)ncc2C(=O)NOCC)cccc1-c1ncc(F)cn1. The van der Waals surface area contributed by atoms with E-state index in [4.69, 9.17) is 13.7 Å². The lowest BCUT2D eigenvalue weighted by molar-refractivity contribution is 0.0365. The van der Waals surface area contributed by atoms with E-state index in [-0.39, 0.29) is 40.7 Å². The zero-order chi connectivity index (χ0) is 28.9. The maximum Gasteiger partial charge on any atom is 0.278 e. The number of carbonyl (C=O) groups is 1. The van der Waals surface area contributed by atoms with E-state index in [1.54, 1.807) is 32.0 Å². The quantitative estimate of drug-likeness (QED) is 0.282. The summed E-state index contributed by atoms with van der Waals surface area (Å²) in [7, 11) is -2.85. The van der Waals surface area contributed by atoms with Gasteiger partial charge in [-0.3, -0.25) is 9.63 Å². The van der Waals surface area contributed by atoms with Gasteiger partial charge in [0, 0.05) is 24.0 Å². The van der Waals surface area contributed by atoms with Crippen LogP contribution in [0.3, 0.4) is 0 Å². The second-order valence-corrected chi connectivity index (χ2v) is 7.68. The number of methoxy groups -OCH3 is 1. The van der Waals surface area contributed by atoms with Crippen LogP contribution in [-0.4, -0.2) is 44.5 Å². The predicted octanol–water partition coefficient (Wildman–Crippen LogP) is 4.26. The Bertz CT molecular complexity index is 1500. The Labute approximate surface area is 216 Å². The third kappa shape index (κ3) is 6.11. The summed E-state index contributed by atoms with van der Waals surface area (Å²) in [6.45, 7) is 5.51. The van der Waals surface area contributed by atoms with Gasteiger partial charge in [-0.15, -0.1) is 0 Å². The number of pyridine rings is 1. The second kappa shape index (κ2) is 11.4. The number of rotatable bonds is 9. The highest BCUT2D eigenvalue weighted by Gasteiger charge is 2.18. The van der Waals surface area contributed by atoms with Crippen LogP contribution in [0.15, 0.2) is 48.9 Å². The number of nitrogens with one attached hydrogen (secondary N) is 3. The molecule has 0 aliphatic rings. The van der Waals surface area contributed by atoms with Crippen molar-refractivity contribution in [2.75, 3.05) is 24.3 Å². The molecular weight excluding hydrogens is 479 g/mol. The molecule has 37 heavy (non-hydrogen) atoms. The van der Waals surface area contributed by atoms with E-state index in [0.29, 0.717) is 17.5 Å². The van der Waals surface area contributed by atoms with E-state index >= 15 is 0 Å². The smallest absolute Gasteiger partial charge is 0.278 e. The molecular formula is C25H25FN8O3. The summed E-state index contributed by atoms with van der Waals surface area (Å²) in [5.74, 6) is -0.00888. The molecule has 4 aromatic rings. The van der Waals surface area contributed by atoms with Crippen molar-refractivity contribution < 1.29 is 22.9 Å². The maximum atomic E-state index is 13.5. The summed E-state index contributed by atoms with van der Waals surface area (Å²) < 4.78 is 41.9. The first-order valence-corrected chi connectivity index (χ1v) is 11.1. The maximum absolute atomic E-state index is 13.5. The molecule has 12 heteroatoms. The fourth-order valence-electron chi connectivity index (χ4n) is 3.43. The summed E-state index contributed by atoms with van der Waals surface area (Å²) in [6.07, 6.45) is 3.22. The number of para-hydroxylation sites is 1. The van der Waals surface area contributed by atoms with Gasteiger partial charge in [-0.25, -0.2) is 34.8 Å². The first-order chi connectivity index (χ1) is 19.0. The van der Waals surface area contributed by atoms with Crippen LogP contribution in [0.25, 0.3) is 11.4 Å². The molecule has 1 aromatic carbocycles. The topological polar surface area (TPSA) is 136 Å². The third-order valence-electron chi connectivity index (χ3n) is 4.93. The molecule has 0 atom stereocenters. The van der Waals surface area contributed by atoms with Gasteiger partial charge in [-0.1, -0.05) is 6.07 Å². The van der Waals surface area contributed by atoms with Crippen molar-refractivity contribution in [3.05, 3.63) is 71.8 Å². The molecule has 0 fully saturated rings. The number of anilines is 4. The summed E-state index contributed by atoms with van der Waals surface area (Å²) in [5, 5.41) is 6.13. The number of ether oxygens (including phenoxy) is 1. The van der Waals surface area contributed by atoms with E-state index in [9.17, 15) is 9.18 Å². The highest BCUT2D eigenvalue weighted by Crippen LogP contribution is 2.37. The highest BCUT2D eigenvalue weighted by molar-refractivity contribution is 6.00. The molecule has 0 spiro atoms. The Morgan fingerprint density at radius 3 is 2.57 bits per heavy atom. The van der Waals surface area contributed by atoms with Crippen molar-refractivity contribution in [2.24, 2.45) is 0 Å². The van der Waals surface area contributed by atoms with Crippen molar-refractivity contribution in [3.8, 4) is 17.1 Å². The van der Waals surface area contributed by atoms with Gasteiger partial charge in [-0.2, -0.15) is 0 Å². The number of amides is 1. The normalized spacial score (nSPS) is 12.2. The molecule has 3 heterocycles. The van der Waals surface area contributed by atoms with Gasteiger partial charge in [0.25, 0.3) is 5.91 Å². The minimum absolute atomic E-state index is 0.0326. The molecule has 190 valence electrons. The summed E-state index contributed by atoms with van der Waals surface area (Å²) in [4.78, 5) is 38.7. The van der Waals surface area contributed by atoms with Crippen LogP contribution in [-0.2, 0) is 4.84 Å². The number of hydroxylamine groups is 1. The van der Waals surface area contributed by atoms with E-state index in [1.165, 1.54) is 18.3 Å². The minimum Gasteiger partial charge on any atom is -0.494 e. The average molecular weight is 508 g/mol. The zero-order valence-corrected chi connectivity index (χ0v) is 20.2. The van der Waals surface area contributed by atoms with Gasteiger partial charge < -0.3 is 15.4 Å². The van der Waals surface area contributed by atoms with Gasteiger partial charge in [0.05, 0.1) is 52.7 Å². The molecule has 1 amide bonds. The van der Waals surface area contributed by atoms with Crippen LogP contribution >= 0.6 is 0 Å². The molecule has 0 aliphatic carbocycles. The van der Waals surface area contributed by atoms with Gasteiger partial charge in [0.1, 0.15) is 17.5 Å². The molecule has 0 bridgehead atoms. The number of halogens is 1. The first kappa shape index (κ1) is 21.6. The van der Waals surface area contributed by atoms with Crippen LogP contribution in [0, 0.1) is 19.7 Å². The Morgan fingerprint density at radius 2 is 1.84 bits per heavy atom. The number of aromatic nitrogens is 5. The van der Waals surface area contributed by atoms with Crippen LogP contribution in [0.5, 0.6) is 5.75 Å². The van der Waals surface area contributed by atoms with Crippen LogP contribution in [0.4, 0.5) is 27.4 Å². The Balaban J connectivity index is 1.80. The number of hydrogen-bond donors (Lipinski definition) is 3. The summed E-state index contributed by atoms with van der Waals surface area (Å²) in [6, 6.07) is 7.94. The van der Waals surface area contributed by atoms with E-state index in [0.717, 1.165) is 18.1 Å². The van der Waals surface area contributed by atoms with Gasteiger partial charge in [-0.05, 0) is 32.9 Å². The average Bonchev–Trinajstić information content (AvgIpc) is 2.87. The number of carbonyl (C=O) groups excluding carboxylic acids is 1. The number of aryl methyl sites for hydroxylation is 2. The number of benzene rings is 1. The Kier molecular flexibility index (Phi) is 6.62. The largest absolute Gasteiger partial charge is 0.494 e. The highest BCUT2D eigenvalue weighted by atomic mass is 19.1. The van der Waals surface area contributed by atoms with E-state index in [2.05, 4.69) is 41.0 Å². The number of nitrogens with zero attached hydrogens (tertiary/aromatic N) is 5. The van der Waals surface area contributed by atoms with Crippen molar-refractivity contribution in [1.82, 2.24) is 30.4 Å². The Morgan fingerprint density at radius 1 is 1.03 bits per heavy atom. The van der Waals surface area contributed by atoms with Crippen molar-refractivity contribution in [2.45, 2.75) is 20.8 Å². The fourth-order valence-corrected chi connectivity index (χ4v) is 3.43. The molecule has 3 N–H and O–H groups in total. The molecule has 11 nitrogen and oxygen atoms in total. The summed E-state index contributed by atoms with van der Waals surface area (Å²) in [5.41, 5.74) is 3.71. The molecule has 4 rings (SSSR count). The summed E-state index contributed by atoms with van der Waals surface area (Å²) >= 11 is 0. The molecule has 0 radical (unpaired) electrons. The van der Waals surface area contributed by atoms with Crippen LogP contribution in [0.2, 0.25) is 0 Å². The number of hydrogen-bond acceptors (Lipinski definition) is 10. The van der Waals surface area contributed by atoms with E-state index in [1.807, 2.05) is 6.92 Å². The molecule has 0 saturated heterocycles. The predicted molar refractivity (Wildman–Crippen MR) is 135 cm³/mol. The lowest BCUT2D eigenvalue weighted by atomic mass is 10.1. The van der Waals surface area contributed by atoms with Gasteiger partial charge in [0.15, 0.2) is 17.4 Å². The fraction of sp³-hybridized carbons (Fsp3) is 0.200. The van der Waals surface area contributed by atoms with Crippen molar-refractivity contribution in [3.63, 3.8) is 0 Å². The molecule has 0 aliphatic heterocycles. The monoisotopic (exact) mass is 507 g/mol. The van der Waals surface area contributed by atoms with Crippen molar-refractivity contribution >= 4 is 28.9 Å².